The third-order valence-corrected chi connectivity index (χ3v) is 1.66. The summed E-state index contributed by atoms with van der Waals surface area (Å²) >= 11 is 0. The molecule has 0 atom stereocenters. The van der Waals surface area contributed by atoms with Crippen LogP contribution in [0.1, 0.15) is 5.56 Å². The summed E-state index contributed by atoms with van der Waals surface area (Å²) in [5.41, 5.74) is 1.25. The molecule has 0 radical (unpaired) electrons. The van der Waals surface area contributed by atoms with Gasteiger partial charge in [0.25, 0.3) is 0 Å². The number of methoxy groups -OCH3 is 1. The van der Waals surface area contributed by atoms with Crippen LogP contribution < -0.4 is 10.6 Å². The number of rotatable bonds is 3. The average molecular weight is 177 g/mol. The molecule has 0 aliphatic carbocycles. The minimum absolute atomic E-state index is 0.447. The zero-order valence-corrected chi connectivity index (χ0v) is 7.32. The van der Waals surface area contributed by atoms with Gasteiger partial charge >= 0.3 is 0 Å². The number of nitrogens with two attached hydrogens (primary N) is 1. The smallest absolute Gasteiger partial charge is 0.118 e. The molecule has 0 spiro atoms. The molecule has 0 aromatic heterocycles. The Morgan fingerprint density at radius 2 is 2.08 bits per heavy atom. The quantitative estimate of drug-likeness (QED) is 0.411. The second-order valence-corrected chi connectivity index (χ2v) is 2.39. The highest BCUT2D eigenvalue weighted by Gasteiger charge is 1.99. The molecule has 0 fully saturated rings. The molecule has 0 aliphatic rings. The predicted molar refractivity (Wildman–Crippen MR) is 52.5 cm³/mol. The first-order valence-corrected chi connectivity index (χ1v) is 3.74. The molecule has 4 heteroatoms. The van der Waals surface area contributed by atoms with Crippen LogP contribution in [0.25, 0.3) is 0 Å². The summed E-state index contributed by atoms with van der Waals surface area (Å²) in [6.45, 7) is 0. The standard InChI is InChI=1S/C9H11N3O/c1-13-8-4-2-7(3-5-8)9(6-10)12-11/h2-6,10H,11H2,1H3/b10-6?,12-9+. The lowest BCUT2D eigenvalue weighted by molar-refractivity contribution is 0.415. The van der Waals surface area contributed by atoms with E-state index in [2.05, 4.69) is 5.10 Å². The van der Waals surface area contributed by atoms with Crippen LogP contribution in [0.4, 0.5) is 0 Å². The van der Waals surface area contributed by atoms with Crippen molar-refractivity contribution in [2.24, 2.45) is 10.9 Å². The first-order chi connectivity index (χ1) is 6.31. The summed E-state index contributed by atoms with van der Waals surface area (Å²) in [4.78, 5) is 0. The molecule has 0 unspecified atom stereocenters. The molecule has 4 nitrogen and oxygen atoms in total. The van der Waals surface area contributed by atoms with E-state index in [0.717, 1.165) is 17.5 Å². The number of nitrogens with zero attached hydrogens (tertiary/aromatic N) is 1. The fraction of sp³-hybridized carbons (Fsp3) is 0.111. The van der Waals surface area contributed by atoms with Gasteiger partial charge in [0.15, 0.2) is 0 Å². The Hall–Kier alpha value is -1.84. The zero-order valence-electron chi connectivity index (χ0n) is 7.32. The Morgan fingerprint density at radius 1 is 1.46 bits per heavy atom. The molecule has 1 rings (SSSR count). The van der Waals surface area contributed by atoms with Crippen molar-refractivity contribution in [3.8, 4) is 5.75 Å². The maximum atomic E-state index is 7.03. The summed E-state index contributed by atoms with van der Waals surface area (Å²) in [5, 5.41) is 10.5. The second-order valence-electron chi connectivity index (χ2n) is 2.39. The summed E-state index contributed by atoms with van der Waals surface area (Å²) in [5.74, 6) is 5.86. The van der Waals surface area contributed by atoms with Gasteiger partial charge in [-0.2, -0.15) is 5.10 Å². The van der Waals surface area contributed by atoms with Crippen molar-refractivity contribution in [3.05, 3.63) is 29.8 Å². The molecule has 13 heavy (non-hydrogen) atoms. The number of hydrazone groups is 1. The minimum atomic E-state index is 0.447. The number of ether oxygens (including phenoxy) is 1. The zero-order chi connectivity index (χ0) is 9.68. The van der Waals surface area contributed by atoms with Gasteiger partial charge in [-0.1, -0.05) is 0 Å². The lowest BCUT2D eigenvalue weighted by Crippen LogP contribution is -2.04. The Bertz CT molecular complexity index is 316. The van der Waals surface area contributed by atoms with Gasteiger partial charge in [-0.3, -0.25) is 0 Å². The van der Waals surface area contributed by atoms with Crippen LogP contribution in [0, 0.1) is 5.41 Å². The van der Waals surface area contributed by atoms with E-state index < -0.39 is 0 Å². The molecule has 0 amide bonds. The van der Waals surface area contributed by atoms with E-state index in [1.807, 2.05) is 0 Å². The van der Waals surface area contributed by atoms with Crippen LogP contribution in [0.15, 0.2) is 29.4 Å². The highest BCUT2D eigenvalue weighted by molar-refractivity contribution is 6.37. The molecular formula is C9H11N3O. The van der Waals surface area contributed by atoms with Gasteiger partial charge in [-0.25, -0.2) is 0 Å². The second kappa shape index (κ2) is 4.25. The molecule has 1 aromatic carbocycles. The number of hydrogen-bond donors (Lipinski definition) is 2. The number of nitrogens with one attached hydrogen (secondary N) is 1. The maximum Gasteiger partial charge on any atom is 0.118 e. The van der Waals surface area contributed by atoms with Crippen molar-refractivity contribution >= 4 is 11.9 Å². The molecule has 1 aromatic rings. The van der Waals surface area contributed by atoms with Gasteiger partial charge in [-0.15, -0.1) is 0 Å². The van der Waals surface area contributed by atoms with Crippen molar-refractivity contribution in [1.82, 2.24) is 0 Å². The monoisotopic (exact) mass is 177 g/mol. The summed E-state index contributed by atoms with van der Waals surface area (Å²) < 4.78 is 4.99. The van der Waals surface area contributed by atoms with Crippen LogP contribution in [0.3, 0.4) is 0 Å². The van der Waals surface area contributed by atoms with Crippen LogP contribution in [-0.2, 0) is 0 Å². The third kappa shape index (κ3) is 2.05. The van der Waals surface area contributed by atoms with E-state index in [1.165, 1.54) is 0 Å². The Labute approximate surface area is 76.5 Å². The summed E-state index contributed by atoms with van der Waals surface area (Å²) in [6, 6.07) is 7.19. The van der Waals surface area contributed by atoms with Crippen LogP contribution >= 0.6 is 0 Å². The molecular weight excluding hydrogens is 166 g/mol. The van der Waals surface area contributed by atoms with E-state index in [-0.39, 0.29) is 0 Å². The largest absolute Gasteiger partial charge is 0.497 e. The van der Waals surface area contributed by atoms with E-state index in [0.29, 0.717) is 5.71 Å². The minimum Gasteiger partial charge on any atom is -0.497 e. The van der Waals surface area contributed by atoms with Crippen molar-refractivity contribution < 1.29 is 4.74 Å². The number of benzene rings is 1. The van der Waals surface area contributed by atoms with Gasteiger partial charge in [0.2, 0.25) is 0 Å². The van der Waals surface area contributed by atoms with E-state index in [4.69, 9.17) is 16.0 Å². The fourth-order valence-corrected chi connectivity index (χ4v) is 0.957. The fourth-order valence-electron chi connectivity index (χ4n) is 0.957. The first-order valence-electron chi connectivity index (χ1n) is 3.74. The summed E-state index contributed by atoms with van der Waals surface area (Å²) in [7, 11) is 1.60. The molecule has 68 valence electrons. The van der Waals surface area contributed by atoms with Crippen LogP contribution in [0.5, 0.6) is 5.75 Å². The van der Waals surface area contributed by atoms with Crippen LogP contribution in [0.2, 0.25) is 0 Å². The van der Waals surface area contributed by atoms with Gasteiger partial charge in [0, 0.05) is 11.8 Å². The predicted octanol–water partition coefficient (Wildman–Crippen LogP) is 1.01. The molecule has 0 bridgehead atoms. The molecule has 0 saturated carbocycles. The maximum absolute atomic E-state index is 7.03. The molecule has 0 heterocycles. The van der Waals surface area contributed by atoms with Gasteiger partial charge in [-0.05, 0) is 24.3 Å². The van der Waals surface area contributed by atoms with Crippen molar-refractivity contribution in [3.63, 3.8) is 0 Å². The topological polar surface area (TPSA) is 71.5 Å². The highest BCUT2D eigenvalue weighted by atomic mass is 16.5. The molecule has 0 aliphatic heterocycles. The lowest BCUT2D eigenvalue weighted by atomic mass is 10.1. The van der Waals surface area contributed by atoms with E-state index in [1.54, 1.807) is 31.4 Å². The lowest BCUT2D eigenvalue weighted by Gasteiger charge is -2.01. The highest BCUT2D eigenvalue weighted by Crippen LogP contribution is 2.11. The van der Waals surface area contributed by atoms with E-state index in [9.17, 15) is 0 Å². The first kappa shape index (κ1) is 9.25. The summed E-state index contributed by atoms with van der Waals surface area (Å²) in [6.07, 6.45) is 1.11. The van der Waals surface area contributed by atoms with Crippen molar-refractivity contribution in [1.29, 1.82) is 5.41 Å². The normalized spacial score (nSPS) is 11.0. The van der Waals surface area contributed by atoms with Crippen LogP contribution in [-0.4, -0.2) is 19.0 Å². The Balaban J connectivity index is 2.97. The Kier molecular flexibility index (Phi) is 3.03. The Morgan fingerprint density at radius 3 is 2.46 bits per heavy atom. The van der Waals surface area contributed by atoms with Gasteiger partial charge < -0.3 is 16.0 Å². The average Bonchev–Trinajstić information content (AvgIpc) is 2.21. The van der Waals surface area contributed by atoms with Crippen molar-refractivity contribution in [2.75, 3.05) is 7.11 Å². The van der Waals surface area contributed by atoms with Crippen molar-refractivity contribution in [2.45, 2.75) is 0 Å². The van der Waals surface area contributed by atoms with E-state index >= 15 is 0 Å². The van der Waals surface area contributed by atoms with Gasteiger partial charge in [0.1, 0.15) is 11.5 Å². The molecule has 3 N–H and O–H groups in total. The molecule has 0 saturated heterocycles. The SMILES string of the molecule is COc1ccc(/C(C=N)=N/N)cc1. The van der Waals surface area contributed by atoms with Gasteiger partial charge in [0.05, 0.1) is 7.11 Å². The number of hydrogen-bond acceptors (Lipinski definition) is 4. The third-order valence-electron chi connectivity index (χ3n) is 1.66.